The van der Waals surface area contributed by atoms with E-state index in [-0.39, 0.29) is 30.7 Å². The summed E-state index contributed by atoms with van der Waals surface area (Å²) in [6, 6.07) is 9.59. The lowest BCUT2D eigenvalue weighted by atomic mass is 9.86. The van der Waals surface area contributed by atoms with Crippen molar-refractivity contribution >= 4 is 16.5 Å². The van der Waals surface area contributed by atoms with Gasteiger partial charge in [0.1, 0.15) is 17.3 Å². The van der Waals surface area contributed by atoms with E-state index in [2.05, 4.69) is 11.6 Å². The highest BCUT2D eigenvalue weighted by Gasteiger charge is 2.41. The summed E-state index contributed by atoms with van der Waals surface area (Å²) in [5.74, 6) is -1.43. The van der Waals surface area contributed by atoms with Crippen LogP contribution in [-0.2, 0) is 6.42 Å². The number of nitrogens with one attached hydrogen (secondary N) is 1. The van der Waals surface area contributed by atoms with Crippen LogP contribution in [0, 0.1) is 17.6 Å². The van der Waals surface area contributed by atoms with E-state index in [4.69, 9.17) is 0 Å². The third-order valence-electron chi connectivity index (χ3n) is 7.65. The molecule has 2 heterocycles. The first-order valence-corrected chi connectivity index (χ1v) is 13.4. The van der Waals surface area contributed by atoms with Gasteiger partial charge in [-0.05, 0) is 81.5 Å². The molecule has 0 radical (unpaired) electrons. The first kappa shape index (κ1) is 28.4. The van der Waals surface area contributed by atoms with Crippen molar-refractivity contribution in [1.82, 2.24) is 14.8 Å². The smallest absolute Gasteiger partial charge is 0.131 e. The zero-order valence-corrected chi connectivity index (χ0v) is 23.1. The number of aromatic nitrogens is 1. The first-order valence-electron chi connectivity index (χ1n) is 13.4. The second-order valence-electron chi connectivity index (χ2n) is 11.5. The van der Waals surface area contributed by atoms with Crippen LogP contribution in [-0.4, -0.2) is 59.9 Å². The van der Waals surface area contributed by atoms with Crippen LogP contribution >= 0.6 is 0 Å². The highest BCUT2D eigenvalue weighted by molar-refractivity contribution is 5.85. The monoisotopic (exact) mass is 529 g/mol. The van der Waals surface area contributed by atoms with Crippen LogP contribution in [0.25, 0.3) is 16.5 Å². The number of fused-ring (bicyclic) bond motifs is 3. The Hall–Kier alpha value is -2.64. The second-order valence-corrected chi connectivity index (χ2v) is 11.5. The van der Waals surface area contributed by atoms with E-state index in [0.29, 0.717) is 42.8 Å². The molecule has 1 aliphatic rings. The van der Waals surface area contributed by atoms with Gasteiger partial charge in [0.25, 0.3) is 0 Å². The largest absolute Gasteiger partial charge is 0.357 e. The van der Waals surface area contributed by atoms with Crippen LogP contribution in [0.15, 0.2) is 43.0 Å². The quantitative estimate of drug-likeness (QED) is 0.275. The van der Waals surface area contributed by atoms with Crippen LogP contribution in [0.4, 0.5) is 17.6 Å². The molecule has 7 heteroatoms. The van der Waals surface area contributed by atoms with E-state index in [9.17, 15) is 8.78 Å². The standard InChI is InChI=1S/C31H39F4N3/c1-19(17-37(6)13-9-12-32)21(3)22-15-25(33)28(26(34)16-22)30-29-24(23-10-7-8-11-27(23)36-29)14-20(2)38(30)18-31(4,5)35/h7-8,10-11,15-16,19-20,30,36H,3,9,12-14,17-18H2,1-2,4-6H3/t19?,20-,30-/m1/s1. The Labute approximate surface area is 223 Å². The lowest BCUT2D eigenvalue weighted by Gasteiger charge is -2.43. The van der Waals surface area contributed by atoms with Crippen molar-refractivity contribution in [3.05, 3.63) is 77.0 Å². The summed E-state index contributed by atoms with van der Waals surface area (Å²) in [6.07, 6.45) is 1.09. The average molecular weight is 530 g/mol. The molecule has 0 amide bonds. The Bertz CT molecular complexity index is 1270. The van der Waals surface area contributed by atoms with Gasteiger partial charge in [0.2, 0.25) is 0 Å². The minimum Gasteiger partial charge on any atom is -0.357 e. The van der Waals surface area contributed by atoms with Gasteiger partial charge in [-0.1, -0.05) is 31.7 Å². The van der Waals surface area contributed by atoms with Crippen LogP contribution in [0.2, 0.25) is 0 Å². The molecule has 0 saturated carbocycles. The molecular formula is C31H39F4N3. The predicted molar refractivity (Wildman–Crippen MR) is 148 cm³/mol. The molecule has 1 aromatic heterocycles. The molecule has 2 aromatic carbocycles. The van der Waals surface area contributed by atoms with Crippen molar-refractivity contribution < 1.29 is 17.6 Å². The summed E-state index contributed by atoms with van der Waals surface area (Å²) in [5, 5.41) is 1.02. The van der Waals surface area contributed by atoms with E-state index in [1.165, 1.54) is 26.0 Å². The topological polar surface area (TPSA) is 22.3 Å². The van der Waals surface area contributed by atoms with Gasteiger partial charge < -0.3 is 9.88 Å². The lowest BCUT2D eigenvalue weighted by molar-refractivity contribution is 0.0643. The number of benzene rings is 2. The van der Waals surface area contributed by atoms with Gasteiger partial charge in [-0.25, -0.2) is 13.2 Å². The molecule has 4 rings (SSSR count). The Morgan fingerprint density at radius 1 is 1.21 bits per heavy atom. The van der Waals surface area contributed by atoms with Crippen molar-refractivity contribution in [3.63, 3.8) is 0 Å². The van der Waals surface area contributed by atoms with Gasteiger partial charge in [-0.2, -0.15) is 0 Å². The highest BCUT2D eigenvalue weighted by atomic mass is 19.1. The summed E-state index contributed by atoms with van der Waals surface area (Å²) >= 11 is 0. The molecule has 0 bridgehead atoms. The number of hydrogen-bond donors (Lipinski definition) is 1. The summed E-state index contributed by atoms with van der Waals surface area (Å²) in [6.45, 7) is 11.9. The summed E-state index contributed by atoms with van der Waals surface area (Å²) in [5.41, 5.74) is 2.00. The number of aromatic amines is 1. The van der Waals surface area contributed by atoms with Crippen LogP contribution in [0.5, 0.6) is 0 Å². The molecule has 0 fully saturated rings. The average Bonchev–Trinajstić information content (AvgIpc) is 3.20. The molecule has 3 atom stereocenters. The van der Waals surface area contributed by atoms with Crippen molar-refractivity contribution in [2.24, 2.45) is 5.92 Å². The number of halogens is 4. The SMILES string of the molecule is C=C(c1cc(F)c([C@@H]2c3[nH]c4ccccc4c3C[C@@H](C)N2CC(C)(C)F)c(F)c1)C(C)CN(C)CCCF. The Kier molecular flexibility index (Phi) is 8.38. The van der Waals surface area contributed by atoms with Crippen LogP contribution in [0.3, 0.4) is 0 Å². The summed E-state index contributed by atoms with van der Waals surface area (Å²) in [4.78, 5) is 7.27. The van der Waals surface area contributed by atoms with Gasteiger partial charge in [0, 0.05) is 47.8 Å². The zero-order chi connectivity index (χ0) is 27.8. The zero-order valence-electron chi connectivity index (χ0n) is 23.1. The van der Waals surface area contributed by atoms with E-state index in [0.717, 1.165) is 16.5 Å². The van der Waals surface area contributed by atoms with Crippen LogP contribution < -0.4 is 0 Å². The first-order chi connectivity index (χ1) is 17.9. The molecule has 1 unspecified atom stereocenters. The molecule has 3 nitrogen and oxygen atoms in total. The van der Waals surface area contributed by atoms with Crippen molar-refractivity contribution in [3.8, 4) is 0 Å². The number of H-pyrrole nitrogens is 1. The fraction of sp³-hybridized carbons (Fsp3) is 0.484. The third kappa shape index (κ3) is 5.84. The van der Waals surface area contributed by atoms with Gasteiger partial charge in [-0.3, -0.25) is 9.29 Å². The molecule has 0 aliphatic carbocycles. The molecule has 1 aliphatic heterocycles. The van der Waals surface area contributed by atoms with Gasteiger partial charge in [-0.15, -0.1) is 0 Å². The molecule has 3 aromatic rings. The summed E-state index contributed by atoms with van der Waals surface area (Å²) < 4.78 is 59.4. The van der Waals surface area contributed by atoms with Crippen LogP contribution in [0.1, 0.15) is 62.5 Å². The molecule has 38 heavy (non-hydrogen) atoms. The fourth-order valence-corrected chi connectivity index (χ4v) is 5.81. The van der Waals surface area contributed by atoms with E-state index in [1.807, 2.05) is 55.0 Å². The van der Waals surface area contributed by atoms with E-state index in [1.54, 1.807) is 0 Å². The Morgan fingerprint density at radius 2 is 1.87 bits per heavy atom. The molecule has 0 saturated heterocycles. The van der Waals surface area contributed by atoms with Crippen molar-refractivity contribution in [1.29, 1.82) is 0 Å². The fourth-order valence-electron chi connectivity index (χ4n) is 5.81. The molecule has 1 N–H and O–H groups in total. The normalized spacial score (nSPS) is 19.2. The molecule has 206 valence electrons. The Morgan fingerprint density at radius 3 is 2.50 bits per heavy atom. The highest BCUT2D eigenvalue weighted by Crippen LogP contribution is 2.43. The molecular weight excluding hydrogens is 490 g/mol. The Balaban J connectivity index is 1.75. The van der Waals surface area contributed by atoms with Crippen molar-refractivity contribution in [2.45, 2.75) is 58.3 Å². The lowest BCUT2D eigenvalue weighted by Crippen LogP contribution is -2.48. The van der Waals surface area contributed by atoms with Crippen molar-refractivity contribution in [2.75, 3.05) is 33.4 Å². The maximum Gasteiger partial charge on any atom is 0.131 e. The second kappa shape index (κ2) is 11.2. The minimum absolute atomic E-state index is 0.0310. The third-order valence-corrected chi connectivity index (χ3v) is 7.65. The van der Waals surface area contributed by atoms with E-state index < -0.39 is 23.3 Å². The van der Waals surface area contributed by atoms with E-state index >= 15 is 8.78 Å². The van der Waals surface area contributed by atoms with Gasteiger partial charge in [0.05, 0.1) is 12.7 Å². The number of hydrogen-bond acceptors (Lipinski definition) is 2. The predicted octanol–water partition coefficient (Wildman–Crippen LogP) is 7.47. The van der Waals surface area contributed by atoms with Gasteiger partial charge in [0.15, 0.2) is 0 Å². The van der Waals surface area contributed by atoms with Gasteiger partial charge >= 0.3 is 0 Å². The number of para-hydroxylation sites is 1. The number of rotatable bonds is 10. The minimum atomic E-state index is -1.55. The maximum atomic E-state index is 16.0. The molecule has 0 spiro atoms. The maximum absolute atomic E-state index is 16.0. The number of nitrogens with zero attached hydrogens (tertiary/aromatic N) is 2. The number of alkyl halides is 2. The summed E-state index contributed by atoms with van der Waals surface area (Å²) in [7, 11) is 1.90.